The van der Waals surface area contributed by atoms with E-state index in [2.05, 4.69) is 20.8 Å². The molecule has 1 fully saturated rings. The van der Waals surface area contributed by atoms with Crippen LogP contribution in [0.1, 0.15) is 52.9 Å². The van der Waals surface area contributed by atoms with Crippen molar-refractivity contribution >= 4 is 0 Å². The van der Waals surface area contributed by atoms with Gasteiger partial charge in [-0.3, -0.25) is 0 Å². The Labute approximate surface area is 96.6 Å². The van der Waals surface area contributed by atoms with Crippen molar-refractivity contribution in [3.05, 3.63) is 0 Å². The summed E-state index contributed by atoms with van der Waals surface area (Å²) in [4.78, 5) is 0. The molecule has 0 aromatic carbocycles. The molecule has 0 nitrogen and oxygen atoms in total. The zero-order valence-electron chi connectivity index (χ0n) is 10.5. The van der Waals surface area contributed by atoms with Gasteiger partial charge >= 0.3 is 6.18 Å². The van der Waals surface area contributed by atoms with Crippen molar-refractivity contribution in [3.8, 4) is 0 Å². The summed E-state index contributed by atoms with van der Waals surface area (Å²) >= 11 is 0. The Bertz CT molecular complexity index is 208. The van der Waals surface area contributed by atoms with Crippen LogP contribution in [0.25, 0.3) is 0 Å². The van der Waals surface area contributed by atoms with Gasteiger partial charge in [0.15, 0.2) is 0 Å². The molecule has 0 aromatic heterocycles. The van der Waals surface area contributed by atoms with E-state index >= 15 is 0 Å². The van der Waals surface area contributed by atoms with E-state index in [1.807, 2.05) is 0 Å². The van der Waals surface area contributed by atoms with Crippen molar-refractivity contribution in [2.24, 2.45) is 23.7 Å². The van der Waals surface area contributed by atoms with E-state index in [9.17, 15) is 13.2 Å². The van der Waals surface area contributed by atoms with Gasteiger partial charge in [0, 0.05) is 0 Å². The van der Waals surface area contributed by atoms with Crippen LogP contribution in [-0.2, 0) is 0 Å². The molecule has 0 bridgehead atoms. The second-order valence-electron chi connectivity index (χ2n) is 5.62. The van der Waals surface area contributed by atoms with E-state index in [1.165, 1.54) is 0 Å². The van der Waals surface area contributed by atoms with Crippen molar-refractivity contribution in [1.29, 1.82) is 0 Å². The van der Waals surface area contributed by atoms with Gasteiger partial charge in [0.05, 0.1) is 5.92 Å². The fourth-order valence-corrected chi connectivity index (χ4v) is 2.72. The van der Waals surface area contributed by atoms with Crippen molar-refractivity contribution < 1.29 is 13.2 Å². The third-order valence-corrected chi connectivity index (χ3v) is 4.22. The van der Waals surface area contributed by atoms with E-state index in [0.29, 0.717) is 24.7 Å². The molecule has 0 heterocycles. The molecule has 1 aliphatic carbocycles. The molecule has 0 N–H and O–H groups in total. The summed E-state index contributed by atoms with van der Waals surface area (Å²) < 4.78 is 38.3. The highest BCUT2D eigenvalue weighted by Gasteiger charge is 2.42. The van der Waals surface area contributed by atoms with Gasteiger partial charge in [-0.2, -0.15) is 13.2 Å². The molecule has 96 valence electrons. The monoisotopic (exact) mass is 236 g/mol. The molecule has 16 heavy (non-hydrogen) atoms. The van der Waals surface area contributed by atoms with Crippen LogP contribution in [0.3, 0.4) is 0 Å². The van der Waals surface area contributed by atoms with Crippen LogP contribution in [0, 0.1) is 23.7 Å². The maximum Gasteiger partial charge on any atom is 0.391 e. The SMILES string of the molecule is CC(C)C(C)C1CCCCC(C(F)(F)F)C1. The van der Waals surface area contributed by atoms with Crippen LogP contribution in [0.2, 0.25) is 0 Å². The van der Waals surface area contributed by atoms with Crippen LogP contribution in [-0.4, -0.2) is 6.18 Å². The minimum Gasteiger partial charge on any atom is -0.171 e. The molecule has 0 spiro atoms. The highest BCUT2D eigenvalue weighted by molar-refractivity contribution is 4.79. The molecule has 0 amide bonds. The lowest BCUT2D eigenvalue weighted by Crippen LogP contribution is -2.27. The smallest absolute Gasteiger partial charge is 0.171 e. The fourth-order valence-electron chi connectivity index (χ4n) is 2.72. The quantitative estimate of drug-likeness (QED) is 0.589. The van der Waals surface area contributed by atoms with Crippen molar-refractivity contribution in [1.82, 2.24) is 0 Å². The average Bonchev–Trinajstić information content (AvgIpc) is 2.40. The Balaban J connectivity index is 2.66. The Kier molecular flexibility index (Phi) is 4.69. The van der Waals surface area contributed by atoms with Crippen molar-refractivity contribution in [2.75, 3.05) is 0 Å². The Morgan fingerprint density at radius 2 is 1.56 bits per heavy atom. The predicted octanol–water partition coefficient (Wildman–Crippen LogP) is 5.04. The van der Waals surface area contributed by atoms with E-state index in [0.717, 1.165) is 19.3 Å². The number of hydrogen-bond donors (Lipinski definition) is 0. The lowest BCUT2D eigenvalue weighted by molar-refractivity contribution is -0.180. The Morgan fingerprint density at radius 1 is 1.00 bits per heavy atom. The van der Waals surface area contributed by atoms with Crippen molar-refractivity contribution in [2.45, 2.75) is 59.1 Å². The molecule has 0 aromatic rings. The fraction of sp³-hybridized carbons (Fsp3) is 1.00. The van der Waals surface area contributed by atoms with Gasteiger partial charge in [0.2, 0.25) is 0 Å². The summed E-state index contributed by atoms with van der Waals surface area (Å²) in [5.74, 6) is 0.0928. The minimum atomic E-state index is -3.99. The van der Waals surface area contributed by atoms with Crippen LogP contribution in [0.4, 0.5) is 13.2 Å². The molecular weight excluding hydrogens is 213 g/mol. The summed E-state index contributed by atoms with van der Waals surface area (Å²) in [6, 6.07) is 0. The highest BCUT2D eigenvalue weighted by atomic mass is 19.4. The summed E-state index contributed by atoms with van der Waals surface area (Å²) in [7, 11) is 0. The predicted molar refractivity (Wildman–Crippen MR) is 60.1 cm³/mol. The maximum atomic E-state index is 12.8. The molecule has 1 rings (SSSR count). The van der Waals surface area contributed by atoms with Crippen molar-refractivity contribution in [3.63, 3.8) is 0 Å². The number of halogens is 3. The van der Waals surface area contributed by atoms with Crippen LogP contribution < -0.4 is 0 Å². The summed E-state index contributed by atoms with van der Waals surface area (Å²) in [6.45, 7) is 6.32. The number of hydrogen-bond acceptors (Lipinski definition) is 0. The zero-order valence-corrected chi connectivity index (χ0v) is 10.5. The van der Waals surface area contributed by atoms with Gasteiger partial charge in [-0.25, -0.2) is 0 Å². The third kappa shape index (κ3) is 3.67. The minimum absolute atomic E-state index is 0.258. The Morgan fingerprint density at radius 3 is 2.06 bits per heavy atom. The summed E-state index contributed by atoms with van der Waals surface area (Å²) in [5, 5.41) is 0. The zero-order chi connectivity index (χ0) is 12.3. The Hall–Kier alpha value is -0.210. The van der Waals surface area contributed by atoms with E-state index in [4.69, 9.17) is 0 Å². The summed E-state index contributed by atoms with van der Waals surface area (Å²) in [6.07, 6.45) is -0.612. The first-order valence-corrected chi connectivity index (χ1v) is 6.39. The highest BCUT2D eigenvalue weighted by Crippen LogP contribution is 2.42. The van der Waals surface area contributed by atoms with Crippen LogP contribution in [0.15, 0.2) is 0 Å². The molecule has 3 atom stereocenters. The summed E-state index contributed by atoms with van der Waals surface area (Å²) in [5.41, 5.74) is 0. The first-order valence-electron chi connectivity index (χ1n) is 6.39. The largest absolute Gasteiger partial charge is 0.391 e. The van der Waals surface area contributed by atoms with E-state index in [1.54, 1.807) is 0 Å². The second kappa shape index (κ2) is 5.42. The molecular formula is C13H23F3. The number of alkyl halides is 3. The van der Waals surface area contributed by atoms with Gasteiger partial charge in [-0.05, 0) is 30.6 Å². The van der Waals surface area contributed by atoms with Gasteiger partial charge in [-0.15, -0.1) is 0 Å². The molecule has 0 radical (unpaired) electrons. The first kappa shape index (κ1) is 13.9. The van der Waals surface area contributed by atoms with Crippen LogP contribution in [0.5, 0.6) is 0 Å². The molecule has 0 aliphatic heterocycles. The lowest BCUT2D eigenvalue weighted by atomic mass is 9.78. The third-order valence-electron chi connectivity index (χ3n) is 4.22. The topological polar surface area (TPSA) is 0 Å². The van der Waals surface area contributed by atoms with Gasteiger partial charge < -0.3 is 0 Å². The lowest BCUT2D eigenvalue weighted by Gasteiger charge is -2.29. The standard InChI is InChI=1S/C13H23F3/c1-9(2)10(3)11-6-4-5-7-12(8-11)13(14,15)16/h9-12H,4-8H2,1-3H3. The molecule has 0 saturated heterocycles. The maximum absolute atomic E-state index is 12.8. The molecule has 3 heteroatoms. The van der Waals surface area contributed by atoms with Gasteiger partial charge in [0.1, 0.15) is 0 Å². The molecule has 3 unspecified atom stereocenters. The van der Waals surface area contributed by atoms with E-state index < -0.39 is 12.1 Å². The molecule has 1 saturated carbocycles. The number of rotatable bonds is 2. The molecule has 1 aliphatic rings. The first-order chi connectivity index (χ1) is 7.32. The average molecular weight is 236 g/mol. The van der Waals surface area contributed by atoms with E-state index in [-0.39, 0.29) is 5.92 Å². The van der Waals surface area contributed by atoms with Crippen LogP contribution >= 0.6 is 0 Å². The normalized spacial score (nSPS) is 30.2. The van der Waals surface area contributed by atoms with Gasteiger partial charge in [-0.1, -0.05) is 40.0 Å². The second-order valence-corrected chi connectivity index (χ2v) is 5.62. The van der Waals surface area contributed by atoms with Gasteiger partial charge in [0.25, 0.3) is 0 Å².